The molecule has 44 heavy (non-hydrogen) atoms. The number of aryl methyl sites for hydroxylation is 1. The van der Waals surface area contributed by atoms with Gasteiger partial charge in [-0.05, 0) is 86.3 Å². The average Bonchev–Trinajstić information content (AvgIpc) is 3.55. The van der Waals surface area contributed by atoms with Gasteiger partial charge in [0.05, 0.1) is 32.0 Å². The average molecular weight is 603 g/mol. The molecular formula is C36H48N3O5-. The minimum atomic E-state index is -0.607. The van der Waals surface area contributed by atoms with Crippen molar-refractivity contribution in [3.63, 3.8) is 0 Å². The standard InChI is InChI=1S/C36H48N3O5/c1-2-26-7-3-4-11-34(44-22-20-40)31(10-5-8-26)32(41)14-12-27-13-15-33(42)35(23-27)43-21-17-29(24-30-9-6-18-38-30)28-16-19-39-36(37)25-28/h6,9,13,15-16,18-19,23,25-26,29,31-32,34,40-42H,2-4,7,10-12,14,17,20-22,24H2,1H3,(H2,37,39)/q-1. The summed E-state index contributed by atoms with van der Waals surface area (Å²) < 4.78 is 12.1. The van der Waals surface area contributed by atoms with E-state index in [1.165, 1.54) is 0 Å². The van der Waals surface area contributed by atoms with Gasteiger partial charge in [-0.15, -0.1) is 5.92 Å². The summed E-state index contributed by atoms with van der Waals surface area (Å²) in [4.78, 5) is 8.56. The fraction of sp³-hybridized carbons (Fsp3) is 0.528. The van der Waals surface area contributed by atoms with E-state index < -0.39 is 6.10 Å². The number of nitrogens with zero attached hydrogens (tertiary/aromatic N) is 2. The Labute approximate surface area is 262 Å². The van der Waals surface area contributed by atoms with Crippen LogP contribution in [0.5, 0.6) is 11.5 Å². The molecule has 2 heterocycles. The van der Waals surface area contributed by atoms with E-state index in [1.54, 1.807) is 18.5 Å². The van der Waals surface area contributed by atoms with Crippen molar-refractivity contribution in [2.75, 3.05) is 25.6 Å². The van der Waals surface area contributed by atoms with Crippen LogP contribution in [0.25, 0.3) is 0 Å². The zero-order chi connectivity index (χ0) is 31.1. The Balaban J connectivity index is 1.38. The van der Waals surface area contributed by atoms with Gasteiger partial charge in [-0.2, -0.15) is 11.9 Å². The molecule has 0 saturated carbocycles. The molecule has 0 spiro atoms. The molecule has 2 aromatic heterocycles. The van der Waals surface area contributed by atoms with E-state index in [-0.39, 0.29) is 36.9 Å². The highest BCUT2D eigenvalue weighted by molar-refractivity contribution is 5.42. The second-order valence-corrected chi connectivity index (χ2v) is 11.8. The monoisotopic (exact) mass is 602 g/mol. The Morgan fingerprint density at radius 1 is 1.11 bits per heavy atom. The van der Waals surface area contributed by atoms with Gasteiger partial charge in [0.1, 0.15) is 5.82 Å². The van der Waals surface area contributed by atoms with Crippen molar-refractivity contribution in [3.8, 4) is 23.3 Å². The maximum Gasteiger partial charge on any atom is 0.161 e. The summed E-state index contributed by atoms with van der Waals surface area (Å²) >= 11 is 0. The number of nitrogens with two attached hydrogens (primary N) is 1. The summed E-state index contributed by atoms with van der Waals surface area (Å²) in [5.74, 6) is 8.16. The minimum absolute atomic E-state index is 0.0407. The number of pyridine rings is 1. The molecule has 5 unspecified atom stereocenters. The molecule has 5 atom stereocenters. The fourth-order valence-electron chi connectivity index (χ4n) is 6.06. The normalized spacial score (nSPS) is 20.3. The number of nitrogen functional groups attached to an aromatic ring is 1. The molecule has 3 aromatic rings. The van der Waals surface area contributed by atoms with Crippen LogP contribution in [-0.4, -0.2) is 52.3 Å². The number of aromatic nitrogens is 2. The van der Waals surface area contributed by atoms with Gasteiger partial charge in [0, 0.05) is 24.5 Å². The number of benzene rings is 1. The van der Waals surface area contributed by atoms with Crippen molar-refractivity contribution in [3.05, 3.63) is 71.7 Å². The number of phenolic OH excluding ortho intramolecular Hbond substituents is 1. The molecule has 0 bridgehead atoms. The van der Waals surface area contributed by atoms with Gasteiger partial charge in [-0.25, -0.2) is 4.98 Å². The molecule has 238 valence electrons. The van der Waals surface area contributed by atoms with Crippen LogP contribution in [0.4, 0.5) is 5.82 Å². The van der Waals surface area contributed by atoms with Crippen LogP contribution in [0.15, 0.2) is 54.9 Å². The van der Waals surface area contributed by atoms with Crippen LogP contribution in [0.2, 0.25) is 0 Å². The van der Waals surface area contributed by atoms with E-state index >= 15 is 0 Å². The topological polar surface area (TPSA) is 132 Å². The number of anilines is 1. The predicted molar refractivity (Wildman–Crippen MR) is 172 cm³/mol. The largest absolute Gasteiger partial charge is 0.668 e. The lowest BCUT2D eigenvalue weighted by atomic mass is 9.85. The Morgan fingerprint density at radius 2 is 1.98 bits per heavy atom. The third-order valence-electron chi connectivity index (χ3n) is 8.65. The van der Waals surface area contributed by atoms with Crippen LogP contribution in [0.1, 0.15) is 81.0 Å². The molecule has 1 aromatic carbocycles. The minimum Gasteiger partial charge on any atom is -0.668 e. The summed E-state index contributed by atoms with van der Waals surface area (Å²) in [6.45, 7) is 2.80. The van der Waals surface area contributed by atoms with Crippen molar-refractivity contribution in [1.82, 2.24) is 9.97 Å². The Morgan fingerprint density at radius 3 is 2.75 bits per heavy atom. The van der Waals surface area contributed by atoms with E-state index in [4.69, 9.17) is 15.2 Å². The summed E-state index contributed by atoms with van der Waals surface area (Å²) in [6, 6.07) is 13.2. The Bertz CT molecular complexity index is 1320. The molecule has 5 N–H and O–H groups in total. The second-order valence-electron chi connectivity index (χ2n) is 11.8. The first-order valence-corrected chi connectivity index (χ1v) is 16.1. The molecular weight excluding hydrogens is 554 g/mol. The van der Waals surface area contributed by atoms with Crippen molar-refractivity contribution in [2.45, 2.75) is 89.3 Å². The van der Waals surface area contributed by atoms with Gasteiger partial charge in [0.25, 0.3) is 0 Å². The zero-order valence-electron chi connectivity index (χ0n) is 25.9. The Hall–Kier alpha value is -3.51. The van der Waals surface area contributed by atoms with Crippen molar-refractivity contribution in [1.29, 1.82) is 0 Å². The van der Waals surface area contributed by atoms with Gasteiger partial charge in [0.15, 0.2) is 11.5 Å². The SMILES string of the molecule is CCC1C#CCC(C(O)CCc2ccc(O)c(OCCC(Cc3ccc[n-]3)c3ccnc(N)c3)c2)C(OCCO)CCCC1. The lowest BCUT2D eigenvalue weighted by Crippen LogP contribution is -2.35. The summed E-state index contributed by atoms with van der Waals surface area (Å²) in [7, 11) is 0. The lowest BCUT2D eigenvalue weighted by molar-refractivity contribution is -0.0515. The van der Waals surface area contributed by atoms with Gasteiger partial charge < -0.3 is 35.5 Å². The third kappa shape index (κ3) is 10.3. The fourth-order valence-corrected chi connectivity index (χ4v) is 6.06. The number of hydrogen-bond acceptors (Lipinski definition) is 7. The van der Waals surface area contributed by atoms with Gasteiger partial charge in [0.2, 0.25) is 0 Å². The maximum absolute atomic E-state index is 11.4. The molecule has 8 heteroatoms. The van der Waals surface area contributed by atoms with Crippen LogP contribution >= 0.6 is 0 Å². The maximum atomic E-state index is 11.4. The number of rotatable bonds is 15. The number of aliphatic hydroxyl groups is 2. The first-order valence-electron chi connectivity index (χ1n) is 16.1. The van der Waals surface area contributed by atoms with E-state index in [1.807, 2.05) is 36.4 Å². The highest BCUT2D eigenvalue weighted by Crippen LogP contribution is 2.31. The van der Waals surface area contributed by atoms with Gasteiger partial charge in [-0.3, -0.25) is 0 Å². The molecule has 0 aliphatic heterocycles. The van der Waals surface area contributed by atoms with E-state index in [0.717, 1.165) is 55.3 Å². The summed E-state index contributed by atoms with van der Waals surface area (Å²) in [6.07, 6.45) is 11.0. The lowest BCUT2D eigenvalue weighted by Gasteiger charge is -2.30. The number of phenols is 1. The number of aliphatic hydroxyl groups excluding tert-OH is 2. The zero-order valence-corrected chi connectivity index (χ0v) is 25.9. The second kappa shape index (κ2) is 17.7. The highest BCUT2D eigenvalue weighted by Gasteiger charge is 2.29. The highest BCUT2D eigenvalue weighted by atomic mass is 16.5. The molecule has 1 aliphatic carbocycles. The van der Waals surface area contributed by atoms with Crippen molar-refractivity contribution >= 4 is 5.82 Å². The molecule has 0 amide bonds. The quantitative estimate of drug-likeness (QED) is 0.170. The number of hydrogen-bond donors (Lipinski definition) is 4. The summed E-state index contributed by atoms with van der Waals surface area (Å²) in [5.41, 5.74) is 9.01. The van der Waals surface area contributed by atoms with Gasteiger partial charge >= 0.3 is 0 Å². The van der Waals surface area contributed by atoms with E-state index in [0.29, 0.717) is 49.8 Å². The molecule has 8 nitrogen and oxygen atoms in total. The number of ether oxygens (including phenoxy) is 2. The molecule has 0 radical (unpaired) electrons. The van der Waals surface area contributed by atoms with Gasteiger partial charge in [-0.1, -0.05) is 43.9 Å². The van der Waals surface area contributed by atoms with Crippen molar-refractivity contribution in [2.24, 2.45) is 11.8 Å². The van der Waals surface area contributed by atoms with Crippen LogP contribution < -0.4 is 15.5 Å². The van der Waals surface area contributed by atoms with Crippen LogP contribution in [-0.2, 0) is 17.6 Å². The first-order chi connectivity index (χ1) is 21.5. The molecule has 1 aliphatic rings. The molecule has 0 saturated heterocycles. The smallest absolute Gasteiger partial charge is 0.161 e. The first kappa shape index (κ1) is 33.4. The third-order valence-corrected chi connectivity index (χ3v) is 8.65. The summed E-state index contributed by atoms with van der Waals surface area (Å²) in [5, 5.41) is 31.3. The van der Waals surface area contributed by atoms with Crippen molar-refractivity contribution < 1.29 is 24.8 Å². The van der Waals surface area contributed by atoms with Crippen LogP contribution in [0, 0.1) is 23.7 Å². The van der Waals surface area contributed by atoms with E-state index in [9.17, 15) is 15.3 Å². The molecule has 4 rings (SSSR count). The number of aromatic hydroxyl groups is 1. The predicted octanol–water partition coefficient (Wildman–Crippen LogP) is 5.40. The van der Waals surface area contributed by atoms with Crippen LogP contribution in [0.3, 0.4) is 0 Å². The Kier molecular flexibility index (Phi) is 13.4. The molecule has 0 fully saturated rings. The van der Waals surface area contributed by atoms with E-state index in [2.05, 4.69) is 28.7 Å².